The van der Waals surface area contributed by atoms with Gasteiger partial charge in [-0.05, 0) is 54.9 Å². The average Bonchev–Trinajstić information content (AvgIpc) is 3.42. The van der Waals surface area contributed by atoms with E-state index in [1.54, 1.807) is 0 Å². The van der Waals surface area contributed by atoms with E-state index in [9.17, 15) is 0 Å². The molecule has 3 aromatic heterocycles. The van der Waals surface area contributed by atoms with Gasteiger partial charge in [0.1, 0.15) is 17.1 Å². The van der Waals surface area contributed by atoms with Gasteiger partial charge in [0.2, 0.25) is 11.8 Å². The van der Waals surface area contributed by atoms with Crippen LogP contribution in [0.5, 0.6) is 23.3 Å². The summed E-state index contributed by atoms with van der Waals surface area (Å²) in [6.45, 7) is 20.4. The molecule has 0 unspecified atom stereocenters. The molecule has 0 saturated carbocycles. The first-order chi connectivity index (χ1) is 19.3. The van der Waals surface area contributed by atoms with Crippen LogP contribution in [-0.2, 0) is 5.41 Å². The molecule has 0 amide bonds. The second kappa shape index (κ2) is 10.8. The van der Waals surface area contributed by atoms with Crippen molar-refractivity contribution in [3.63, 3.8) is 0 Å². The van der Waals surface area contributed by atoms with Crippen LogP contribution in [0.1, 0.15) is 91.1 Å². The zero-order valence-corrected chi connectivity index (χ0v) is 26.1. The number of fused-ring (bicyclic) bond motifs is 1. The second-order valence-electron chi connectivity index (χ2n) is 12.7. The Balaban J connectivity index is 1.58. The number of nitrogens with zero attached hydrogens (tertiary/aromatic N) is 5. The normalized spacial score (nSPS) is 14.2. The summed E-state index contributed by atoms with van der Waals surface area (Å²) in [5.41, 5.74) is 7.74. The summed E-state index contributed by atoms with van der Waals surface area (Å²) in [7, 11) is 2.11. The predicted molar refractivity (Wildman–Crippen MR) is 166 cm³/mol. The molecule has 0 bridgehead atoms. The van der Waals surface area contributed by atoms with Crippen LogP contribution in [0.2, 0.25) is 0 Å². The molecule has 5 rings (SSSR count). The van der Waals surface area contributed by atoms with Crippen molar-refractivity contribution in [2.75, 3.05) is 18.6 Å². The second-order valence-corrected chi connectivity index (χ2v) is 12.7. The first-order valence-corrected chi connectivity index (χ1v) is 14.5. The van der Waals surface area contributed by atoms with Crippen LogP contribution in [0.4, 0.5) is 5.69 Å². The van der Waals surface area contributed by atoms with Gasteiger partial charge in [-0.1, -0.05) is 54.5 Å². The van der Waals surface area contributed by atoms with Gasteiger partial charge in [0.15, 0.2) is 0 Å². The molecule has 4 aromatic rings. The lowest BCUT2D eigenvalue weighted by atomic mass is 9.88. The lowest BCUT2D eigenvalue weighted by Gasteiger charge is -2.22. The fraction of sp³-hybridized carbons (Fsp3) is 0.412. The number of ether oxygens (including phenoxy) is 2. The number of hydrogen-bond donors (Lipinski definition) is 0. The van der Waals surface area contributed by atoms with E-state index in [2.05, 4.69) is 101 Å². The minimum atomic E-state index is -0.0223. The van der Waals surface area contributed by atoms with Crippen molar-refractivity contribution >= 4 is 11.3 Å². The Morgan fingerprint density at radius 2 is 1.61 bits per heavy atom. The highest BCUT2D eigenvalue weighted by Crippen LogP contribution is 2.38. The standard InChI is InChI=1S/C34H43N5O2/c1-21(2)32-33(22(3)4)39-29(36-32)18-28(19-31(39)41-30-16-25(14-15-35-30)34(7,8)9)40-27-13-11-12-26(17-27)38-20-37(10)23(5)24(38)6/h11-19,21-22H,20H2,1-10H3. The molecule has 7 nitrogen and oxygen atoms in total. The van der Waals surface area contributed by atoms with Gasteiger partial charge in [0.05, 0.1) is 18.1 Å². The minimum Gasteiger partial charge on any atom is -0.457 e. The van der Waals surface area contributed by atoms with E-state index in [-0.39, 0.29) is 17.3 Å². The summed E-state index contributed by atoms with van der Waals surface area (Å²) >= 11 is 0. The topological polar surface area (TPSA) is 55.1 Å². The third-order valence-electron chi connectivity index (χ3n) is 7.85. The van der Waals surface area contributed by atoms with Crippen molar-refractivity contribution in [1.29, 1.82) is 0 Å². The highest BCUT2D eigenvalue weighted by molar-refractivity contribution is 5.59. The molecule has 7 heteroatoms. The smallest absolute Gasteiger partial charge is 0.221 e. The minimum absolute atomic E-state index is 0.0223. The van der Waals surface area contributed by atoms with Crippen LogP contribution in [0.3, 0.4) is 0 Å². The maximum Gasteiger partial charge on any atom is 0.221 e. The summed E-state index contributed by atoms with van der Waals surface area (Å²) in [6, 6.07) is 16.2. The van der Waals surface area contributed by atoms with E-state index in [4.69, 9.17) is 14.5 Å². The van der Waals surface area contributed by atoms with Crippen LogP contribution < -0.4 is 14.4 Å². The zero-order valence-electron chi connectivity index (χ0n) is 26.1. The fourth-order valence-electron chi connectivity index (χ4n) is 5.33. The van der Waals surface area contributed by atoms with Gasteiger partial charge in [0.25, 0.3) is 0 Å². The number of rotatable bonds is 7. The first kappa shape index (κ1) is 28.5. The molecule has 0 N–H and O–H groups in total. The third-order valence-corrected chi connectivity index (χ3v) is 7.85. The van der Waals surface area contributed by atoms with E-state index in [1.807, 2.05) is 42.6 Å². The molecular weight excluding hydrogens is 510 g/mol. The molecule has 1 aromatic carbocycles. The summed E-state index contributed by atoms with van der Waals surface area (Å²) in [4.78, 5) is 14.2. The largest absolute Gasteiger partial charge is 0.457 e. The summed E-state index contributed by atoms with van der Waals surface area (Å²) in [6.07, 6.45) is 1.81. The molecule has 1 aliphatic rings. The fourth-order valence-corrected chi connectivity index (χ4v) is 5.33. The number of allylic oxidation sites excluding steroid dienone is 2. The molecule has 0 radical (unpaired) electrons. The van der Waals surface area contributed by atoms with E-state index in [0.29, 0.717) is 17.5 Å². The molecule has 0 aliphatic carbocycles. The van der Waals surface area contributed by atoms with Crippen molar-refractivity contribution in [3.05, 3.63) is 83.1 Å². The molecule has 41 heavy (non-hydrogen) atoms. The number of imidazole rings is 1. The first-order valence-electron chi connectivity index (χ1n) is 14.5. The van der Waals surface area contributed by atoms with Gasteiger partial charge < -0.3 is 19.3 Å². The van der Waals surface area contributed by atoms with Crippen molar-refractivity contribution in [1.82, 2.24) is 19.3 Å². The van der Waals surface area contributed by atoms with E-state index < -0.39 is 0 Å². The predicted octanol–water partition coefficient (Wildman–Crippen LogP) is 8.82. The molecule has 0 saturated heterocycles. The molecular formula is C34H43N5O2. The highest BCUT2D eigenvalue weighted by atomic mass is 16.5. The van der Waals surface area contributed by atoms with Crippen molar-refractivity contribution < 1.29 is 9.47 Å². The lowest BCUT2D eigenvalue weighted by molar-refractivity contribution is 0.423. The number of benzene rings is 1. The Bertz CT molecular complexity index is 1610. The van der Waals surface area contributed by atoms with E-state index >= 15 is 0 Å². The SMILES string of the molecule is CC1=C(C)N(c2cccc(Oc3cc(Oc4cc(C(C)(C)C)ccn4)n4c(C(C)C)c(C(C)C)nc4c3)c2)CN1C. The lowest BCUT2D eigenvalue weighted by Crippen LogP contribution is -2.24. The van der Waals surface area contributed by atoms with E-state index in [0.717, 1.165) is 40.7 Å². The maximum absolute atomic E-state index is 6.54. The van der Waals surface area contributed by atoms with Gasteiger partial charge in [0, 0.05) is 54.6 Å². The molecule has 0 fully saturated rings. The Kier molecular flexibility index (Phi) is 7.49. The van der Waals surface area contributed by atoms with Crippen LogP contribution in [-0.4, -0.2) is 33.0 Å². The van der Waals surface area contributed by atoms with Gasteiger partial charge in [-0.25, -0.2) is 9.97 Å². The number of aromatic nitrogens is 3. The molecule has 0 spiro atoms. The van der Waals surface area contributed by atoms with Crippen LogP contribution in [0, 0.1) is 0 Å². The Labute approximate surface area is 244 Å². The van der Waals surface area contributed by atoms with Crippen molar-refractivity contribution in [2.45, 2.75) is 79.6 Å². The average molecular weight is 554 g/mol. The number of anilines is 1. The summed E-state index contributed by atoms with van der Waals surface area (Å²) < 4.78 is 15.2. The van der Waals surface area contributed by atoms with Gasteiger partial charge >= 0.3 is 0 Å². The number of hydrogen-bond acceptors (Lipinski definition) is 6. The highest BCUT2D eigenvalue weighted by Gasteiger charge is 2.24. The van der Waals surface area contributed by atoms with Crippen molar-refractivity contribution in [3.8, 4) is 23.3 Å². The van der Waals surface area contributed by atoms with Crippen LogP contribution in [0.15, 0.2) is 66.1 Å². The van der Waals surface area contributed by atoms with Crippen LogP contribution in [0.25, 0.3) is 5.65 Å². The van der Waals surface area contributed by atoms with Gasteiger partial charge in [-0.3, -0.25) is 4.40 Å². The summed E-state index contributed by atoms with van der Waals surface area (Å²) in [5.74, 6) is 3.11. The van der Waals surface area contributed by atoms with E-state index in [1.165, 1.54) is 11.4 Å². The Hall–Kier alpha value is -4.00. The monoisotopic (exact) mass is 553 g/mol. The molecule has 4 heterocycles. The number of pyridine rings is 2. The maximum atomic E-state index is 6.54. The molecule has 216 valence electrons. The van der Waals surface area contributed by atoms with Gasteiger partial charge in [-0.15, -0.1) is 0 Å². The molecule has 0 atom stereocenters. The van der Waals surface area contributed by atoms with Crippen LogP contribution >= 0.6 is 0 Å². The third kappa shape index (κ3) is 5.63. The van der Waals surface area contributed by atoms with Crippen molar-refractivity contribution in [2.24, 2.45) is 0 Å². The van der Waals surface area contributed by atoms with Gasteiger partial charge in [-0.2, -0.15) is 0 Å². The quantitative estimate of drug-likeness (QED) is 0.228. The zero-order chi connectivity index (χ0) is 29.6. The Morgan fingerprint density at radius 3 is 2.24 bits per heavy atom. The Morgan fingerprint density at radius 1 is 0.854 bits per heavy atom. The summed E-state index contributed by atoms with van der Waals surface area (Å²) in [5, 5.41) is 0. The molecule has 1 aliphatic heterocycles.